The van der Waals surface area contributed by atoms with Gasteiger partial charge >= 0.3 is 0 Å². The smallest absolute Gasteiger partial charge is 0.0395 e. The molecule has 3 nitrogen and oxygen atoms in total. The van der Waals surface area contributed by atoms with Crippen LogP contribution in [0.3, 0.4) is 0 Å². The molecule has 1 heterocycles. The Labute approximate surface area is 112 Å². The van der Waals surface area contributed by atoms with Gasteiger partial charge in [0.1, 0.15) is 0 Å². The van der Waals surface area contributed by atoms with Crippen LogP contribution in [0.2, 0.25) is 0 Å². The minimum Gasteiger partial charge on any atom is -0.399 e. The van der Waals surface area contributed by atoms with Crippen LogP contribution in [0, 0.1) is 0 Å². The average molecular weight is 261 g/mol. The van der Waals surface area contributed by atoms with E-state index in [1.54, 1.807) is 11.3 Å². The Kier molecular flexibility index (Phi) is 4.23. The maximum Gasteiger partial charge on any atom is 0.0395 e. The van der Waals surface area contributed by atoms with E-state index in [0.29, 0.717) is 0 Å². The molecule has 0 aliphatic heterocycles. The van der Waals surface area contributed by atoms with Crippen molar-refractivity contribution < 1.29 is 0 Å². The highest BCUT2D eigenvalue weighted by Crippen LogP contribution is 2.33. The second-order valence-electron chi connectivity index (χ2n) is 4.33. The van der Waals surface area contributed by atoms with Crippen molar-refractivity contribution in [2.45, 2.75) is 19.9 Å². The molecular weight excluding hydrogens is 242 g/mol. The number of nitrogens with two attached hydrogens (primary N) is 2. The third-order valence-electron chi connectivity index (χ3n) is 2.85. The molecule has 0 spiro atoms. The average Bonchev–Trinajstić information content (AvgIpc) is 2.81. The number of hydrogen-bond donors (Lipinski definition) is 3. The fourth-order valence-corrected chi connectivity index (χ4v) is 2.76. The second-order valence-corrected chi connectivity index (χ2v) is 5.08. The van der Waals surface area contributed by atoms with Crippen molar-refractivity contribution in [2.75, 3.05) is 18.0 Å². The Morgan fingerprint density at radius 3 is 2.78 bits per heavy atom. The van der Waals surface area contributed by atoms with E-state index in [2.05, 4.69) is 23.0 Å². The molecule has 18 heavy (non-hydrogen) atoms. The van der Waals surface area contributed by atoms with E-state index < -0.39 is 0 Å². The minimum absolute atomic E-state index is 0.748. The highest BCUT2D eigenvalue weighted by Gasteiger charge is 2.09. The topological polar surface area (TPSA) is 64.1 Å². The van der Waals surface area contributed by atoms with Gasteiger partial charge in [0.25, 0.3) is 0 Å². The molecule has 0 aliphatic rings. The van der Waals surface area contributed by atoms with Gasteiger partial charge in [-0.2, -0.15) is 11.3 Å². The zero-order chi connectivity index (χ0) is 13.0. The molecule has 0 bridgehead atoms. The van der Waals surface area contributed by atoms with Gasteiger partial charge in [-0.25, -0.2) is 0 Å². The standard InChI is InChI=1S/C14H19N3S/c1-2-5-17-7-10-8-18-9-13(10)12-6-11(15)3-4-14(12)16/h3-4,6,8-9,17H,2,5,7,15-16H2,1H3. The van der Waals surface area contributed by atoms with Crippen LogP contribution >= 0.6 is 11.3 Å². The van der Waals surface area contributed by atoms with E-state index in [0.717, 1.165) is 36.4 Å². The highest BCUT2D eigenvalue weighted by molar-refractivity contribution is 7.08. The largest absolute Gasteiger partial charge is 0.399 e. The number of rotatable bonds is 5. The van der Waals surface area contributed by atoms with Crippen molar-refractivity contribution in [3.8, 4) is 11.1 Å². The number of thiophene rings is 1. The summed E-state index contributed by atoms with van der Waals surface area (Å²) in [7, 11) is 0. The summed E-state index contributed by atoms with van der Waals surface area (Å²) >= 11 is 1.70. The van der Waals surface area contributed by atoms with Gasteiger partial charge in [0.05, 0.1) is 0 Å². The molecule has 2 rings (SSSR count). The molecule has 2 aromatic rings. The van der Waals surface area contributed by atoms with Crippen LogP contribution < -0.4 is 16.8 Å². The number of nitrogen functional groups attached to an aromatic ring is 2. The molecule has 0 radical (unpaired) electrons. The normalized spacial score (nSPS) is 10.7. The van der Waals surface area contributed by atoms with Crippen LogP contribution in [0.15, 0.2) is 29.0 Å². The molecule has 96 valence electrons. The number of anilines is 2. The molecule has 4 heteroatoms. The Hall–Kier alpha value is -1.52. The highest BCUT2D eigenvalue weighted by atomic mass is 32.1. The number of hydrogen-bond acceptors (Lipinski definition) is 4. The first-order valence-corrected chi connectivity index (χ1v) is 7.07. The third kappa shape index (κ3) is 2.83. The van der Waals surface area contributed by atoms with Gasteiger partial charge in [-0.15, -0.1) is 0 Å². The van der Waals surface area contributed by atoms with E-state index in [9.17, 15) is 0 Å². The lowest BCUT2D eigenvalue weighted by atomic mass is 10.0. The van der Waals surface area contributed by atoms with E-state index in [4.69, 9.17) is 11.5 Å². The fraction of sp³-hybridized carbons (Fsp3) is 0.286. The zero-order valence-corrected chi connectivity index (χ0v) is 11.4. The molecule has 0 unspecified atom stereocenters. The lowest BCUT2D eigenvalue weighted by molar-refractivity contribution is 0.677. The van der Waals surface area contributed by atoms with Crippen LogP contribution in [-0.2, 0) is 6.54 Å². The maximum atomic E-state index is 6.03. The van der Waals surface area contributed by atoms with Gasteiger partial charge in [0, 0.05) is 23.5 Å². The number of nitrogens with one attached hydrogen (secondary N) is 1. The Morgan fingerprint density at radius 1 is 1.17 bits per heavy atom. The van der Waals surface area contributed by atoms with Crippen molar-refractivity contribution in [3.63, 3.8) is 0 Å². The summed E-state index contributed by atoms with van der Waals surface area (Å²) in [6, 6.07) is 5.65. The molecule has 0 saturated heterocycles. The van der Waals surface area contributed by atoms with Gasteiger partial charge < -0.3 is 16.8 Å². The van der Waals surface area contributed by atoms with E-state index in [1.165, 1.54) is 11.1 Å². The van der Waals surface area contributed by atoms with Crippen LogP contribution in [0.5, 0.6) is 0 Å². The van der Waals surface area contributed by atoms with Gasteiger partial charge in [0.15, 0.2) is 0 Å². The fourth-order valence-electron chi connectivity index (χ4n) is 1.90. The predicted molar refractivity (Wildman–Crippen MR) is 80.6 cm³/mol. The van der Waals surface area contributed by atoms with Gasteiger partial charge in [-0.1, -0.05) is 6.92 Å². The summed E-state index contributed by atoms with van der Waals surface area (Å²) in [4.78, 5) is 0. The molecule has 1 aromatic heterocycles. The Morgan fingerprint density at radius 2 is 2.00 bits per heavy atom. The SMILES string of the molecule is CCCNCc1cscc1-c1cc(N)ccc1N. The second kappa shape index (κ2) is 5.89. The maximum absolute atomic E-state index is 6.03. The zero-order valence-electron chi connectivity index (χ0n) is 10.6. The van der Waals surface area contributed by atoms with Crippen molar-refractivity contribution in [3.05, 3.63) is 34.5 Å². The predicted octanol–water partition coefficient (Wildman–Crippen LogP) is 3.08. The molecule has 0 amide bonds. The molecule has 0 fully saturated rings. The van der Waals surface area contributed by atoms with Crippen molar-refractivity contribution in [1.82, 2.24) is 5.32 Å². The first-order valence-electron chi connectivity index (χ1n) is 6.13. The summed E-state index contributed by atoms with van der Waals surface area (Å²) in [5, 5.41) is 7.72. The monoisotopic (exact) mass is 261 g/mol. The molecule has 0 saturated carbocycles. The van der Waals surface area contributed by atoms with Crippen molar-refractivity contribution >= 4 is 22.7 Å². The summed E-state index contributed by atoms with van der Waals surface area (Å²) in [5.41, 5.74) is 16.9. The van der Waals surface area contributed by atoms with Crippen molar-refractivity contribution in [2.24, 2.45) is 0 Å². The van der Waals surface area contributed by atoms with E-state index in [1.807, 2.05) is 18.2 Å². The first kappa shape index (κ1) is 12.9. The molecule has 1 aromatic carbocycles. The van der Waals surface area contributed by atoms with E-state index >= 15 is 0 Å². The molecule has 0 aliphatic carbocycles. The van der Waals surface area contributed by atoms with Gasteiger partial charge in [0.2, 0.25) is 0 Å². The number of benzene rings is 1. The summed E-state index contributed by atoms with van der Waals surface area (Å²) in [6.45, 7) is 4.07. The summed E-state index contributed by atoms with van der Waals surface area (Å²) in [5.74, 6) is 0. The lowest BCUT2D eigenvalue weighted by Crippen LogP contribution is -2.13. The quantitative estimate of drug-likeness (QED) is 0.572. The van der Waals surface area contributed by atoms with Crippen LogP contribution in [-0.4, -0.2) is 6.54 Å². The van der Waals surface area contributed by atoms with E-state index in [-0.39, 0.29) is 0 Å². The first-order chi connectivity index (χ1) is 8.72. The Bertz CT molecular complexity index is 520. The van der Waals surface area contributed by atoms with Crippen LogP contribution in [0.25, 0.3) is 11.1 Å². The van der Waals surface area contributed by atoms with Crippen LogP contribution in [0.1, 0.15) is 18.9 Å². The Balaban J connectivity index is 2.27. The molecule has 5 N–H and O–H groups in total. The minimum atomic E-state index is 0.748. The van der Waals surface area contributed by atoms with Gasteiger partial charge in [-0.3, -0.25) is 0 Å². The summed E-state index contributed by atoms with van der Waals surface area (Å²) in [6.07, 6.45) is 1.14. The molecular formula is C14H19N3S. The molecule has 0 atom stereocenters. The summed E-state index contributed by atoms with van der Waals surface area (Å²) < 4.78 is 0. The lowest BCUT2D eigenvalue weighted by Gasteiger charge is -2.09. The van der Waals surface area contributed by atoms with Crippen molar-refractivity contribution in [1.29, 1.82) is 0 Å². The van der Waals surface area contributed by atoms with Crippen LogP contribution in [0.4, 0.5) is 11.4 Å². The third-order valence-corrected chi connectivity index (χ3v) is 3.64. The van der Waals surface area contributed by atoms with Gasteiger partial charge in [-0.05, 0) is 53.1 Å².